The third-order valence-electron chi connectivity index (χ3n) is 0.554. The van der Waals surface area contributed by atoms with Crippen molar-refractivity contribution in [3.63, 3.8) is 0 Å². The van der Waals surface area contributed by atoms with E-state index < -0.39 is 17.5 Å². The maximum Gasteiger partial charge on any atom is 0.434 e. The predicted molar refractivity (Wildman–Crippen MR) is 27.1 cm³/mol. The highest BCUT2D eigenvalue weighted by atomic mass is 35.5. The smallest absolute Gasteiger partial charge is 0.256 e. The van der Waals surface area contributed by atoms with Gasteiger partial charge in [-0.15, -0.1) is 0 Å². The van der Waals surface area contributed by atoms with E-state index in [9.17, 15) is 22.0 Å². The number of rotatable bonds is 0. The molecule has 0 aromatic heterocycles. The van der Waals surface area contributed by atoms with Gasteiger partial charge >= 0.3 is 11.4 Å². The predicted octanol–water partition coefficient (Wildman–Crippen LogP) is 2.87. The molecule has 1 aliphatic rings. The molecule has 0 aromatic carbocycles. The van der Waals surface area contributed by atoms with Crippen LogP contribution in [0.25, 0.3) is 0 Å². The Bertz CT molecular complexity index is 152. The van der Waals surface area contributed by atoms with Crippen LogP contribution in [-0.2, 0) is 4.74 Å². The lowest BCUT2D eigenvalue weighted by Crippen LogP contribution is -2.01. The van der Waals surface area contributed by atoms with E-state index in [4.69, 9.17) is 0 Å². The topological polar surface area (TPSA) is 12.5 Å². The summed E-state index contributed by atoms with van der Waals surface area (Å²) < 4.78 is 57.1. The van der Waals surface area contributed by atoms with E-state index in [1.807, 2.05) is 0 Å². The van der Waals surface area contributed by atoms with Crippen LogP contribution in [0, 0.1) is 0 Å². The van der Waals surface area contributed by atoms with Crippen LogP contribution in [0.4, 0.5) is 22.0 Å². The normalized spacial score (nSPS) is 31.8. The first-order chi connectivity index (χ1) is 4.69. The summed E-state index contributed by atoms with van der Waals surface area (Å²) in [6.45, 7) is 2.22. The average Bonchev–Trinajstić information content (AvgIpc) is 1.98. The van der Waals surface area contributed by atoms with Gasteiger partial charge in [0.25, 0.3) is 6.08 Å². The molecule has 1 nitrogen and oxygen atoms in total. The van der Waals surface area contributed by atoms with Gasteiger partial charge in [-0.2, -0.15) is 22.0 Å². The fourth-order valence-electron chi connectivity index (χ4n) is 0.135. The van der Waals surface area contributed by atoms with Crippen LogP contribution in [0.5, 0.6) is 0 Å². The molecular weight excluding hydrogens is 194 g/mol. The molecule has 1 fully saturated rings. The Hall–Kier alpha value is -0.360. The Kier molecular flexibility index (Phi) is 2.85. The molecule has 0 N–H and O–H groups in total. The molecular formula is C4H2ClF5O. The summed E-state index contributed by atoms with van der Waals surface area (Å²) in [6.07, 6.45) is -5.59. The van der Waals surface area contributed by atoms with Crippen molar-refractivity contribution in [2.75, 3.05) is 0 Å². The van der Waals surface area contributed by atoms with E-state index in [1.165, 1.54) is 0 Å². The van der Waals surface area contributed by atoms with Crippen LogP contribution in [0.2, 0.25) is 0 Å². The molecule has 7 heteroatoms. The second-order valence-corrected chi connectivity index (χ2v) is 1.96. The summed E-state index contributed by atoms with van der Waals surface area (Å²) in [5, 5.41) is -3.22. The maximum atomic E-state index is 11.4. The summed E-state index contributed by atoms with van der Waals surface area (Å²) in [6, 6.07) is 0. The monoisotopic (exact) mass is 196 g/mol. The van der Waals surface area contributed by atoms with E-state index >= 15 is 0 Å². The molecule has 1 atom stereocenters. The van der Waals surface area contributed by atoms with Crippen LogP contribution in [0.1, 0.15) is 0 Å². The highest BCUT2D eigenvalue weighted by Crippen LogP contribution is 2.54. The van der Waals surface area contributed by atoms with Crippen molar-refractivity contribution in [3.05, 3.63) is 12.7 Å². The van der Waals surface area contributed by atoms with Crippen molar-refractivity contribution in [3.8, 4) is 0 Å². The summed E-state index contributed by atoms with van der Waals surface area (Å²) >= 11 is 4.29. The van der Waals surface area contributed by atoms with Crippen molar-refractivity contribution in [1.29, 1.82) is 0 Å². The molecule has 11 heavy (non-hydrogen) atoms. The van der Waals surface area contributed by atoms with Gasteiger partial charge in [-0.3, -0.25) is 4.74 Å². The van der Waals surface area contributed by atoms with Crippen LogP contribution in [0.15, 0.2) is 12.7 Å². The third-order valence-corrected chi connectivity index (χ3v) is 0.851. The molecule has 0 amide bonds. The molecule has 0 aliphatic carbocycles. The second-order valence-electron chi connectivity index (χ2n) is 1.47. The summed E-state index contributed by atoms with van der Waals surface area (Å²) in [5.74, 6) is 0. The van der Waals surface area contributed by atoms with E-state index in [2.05, 4.69) is 22.9 Å². The number of ether oxygens (including phenoxy) is 1. The minimum absolute atomic E-state index is 1.83. The van der Waals surface area contributed by atoms with E-state index in [1.54, 1.807) is 0 Å². The van der Waals surface area contributed by atoms with Crippen LogP contribution in [0.3, 0.4) is 0 Å². The fourth-order valence-corrected chi connectivity index (χ4v) is 0.232. The number of hydrogen-bond donors (Lipinski definition) is 0. The van der Waals surface area contributed by atoms with Gasteiger partial charge in [-0.25, -0.2) is 0 Å². The van der Waals surface area contributed by atoms with Crippen LogP contribution < -0.4 is 0 Å². The zero-order valence-corrected chi connectivity index (χ0v) is 5.64. The Morgan fingerprint density at radius 3 is 1.36 bits per heavy atom. The van der Waals surface area contributed by atoms with Gasteiger partial charge in [0.05, 0.1) is 0 Å². The molecule has 1 unspecified atom stereocenters. The summed E-state index contributed by atoms with van der Waals surface area (Å²) in [4.78, 5) is 0. The molecule has 66 valence electrons. The van der Waals surface area contributed by atoms with Crippen LogP contribution in [-0.4, -0.2) is 11.4 Å². The Morgan fingerprint density at radius 1 is 1.27 bits per heavy atom. The van der Waals surface area contributed by atoms with Gasteiger partial charge < -0.3 is 0 Å². The van der Waals surface area contributed by atoms with Crippen molar-refractivity contribution in [2.24, 2.45) is 0 Å². The third kappa shape index (κ3) is 3.52. The lowest BCUT2D eigenvalue weighted by Gasteiger charge is -1.80. The number of alkyl halides is 4. The van der Waals surface area contributed by atoms with E-state index in [0.717, 1.165) is 0 Å². The minimum Gasteiger partial charge on any atom is -0.256 e. The van der Waals surface area contributed by atoms with Gasteiger partial charge in [-0.1, -0.05) is 0 Å². The first kappa shape index (κ1) is 10.6. The molecule has 0 bridgehead atoms. The lowest BCUT2D eigenvalue weighted by atomic mass is 10.8. The SMILES string of the molecule is C=C(F)F.FC1(F)OC1(F)Cl. The maximum absolute atomic E-state index is 11.4. The van der Waals surface area contributed by atoms with Gasteiger partial charge in [-0.05, 0) is 18.2 Å². The van der Waals surface area contributed by atoms with E-state index in [0.29, 0.717) is 0 Å². The zero-order valence-electron chi connectivity index (χ0n) is 4.88. The molecule has 1 heterocycles. The fraction of sp³-hybridized carbons (Fsp3) is 0.500. The van der Waals surface area contributed by atoms with Gasteiger partial charge in [0.1, 0.15) is 0 Å². The Labute approximate surface area is 63.4 Å². The Balaban J connectivity index is 0.000000218. The quantitative estimate of drug-likeness (QED) is 0.330. The van der Waals surface area contributed by atoms with Crippen LogP contribution >= 0.6 is 11.6 Å². The van der Waals surface area contributed by atoms with Crippen molar-refractivity contribution < 1.29 is 26.7 Å². The molecule has 0 saturated carbocycles. The summed E-state index contributed by atoms with van der Waals surface area (Å²) in [5.41, 5.74) is 0. The molecule has 0 radical (unpaired) electrons. The minimum atomic E-state index is -3.76. The highest BCUT2D eigenvalue weighted by molar-refractivity contribution is 6.23. The van der Waals surface area contributed by atoms with Gasteiger partial charge in [0, 0.05) is 0 Å². The average molecular weight is 197 g/mol. The van der Waals surface area contributed by atoms with Crippen molar-refractivity contribution >= 4 is 11.6 Å². The molecule has 1 rings (SSSR count). The second kappa shape index (κ2) is 2.94. The zero-order chi connectivity index (χ0) is 9.28. The van der Waals surface area contributed by atoms with Crippen molar-refractivity contribution in [1.82, 2.24) is 0 Å². The number of halogens is 6. The number of hydrogen-bond acceptors (Lipinski definition) is 1. The molecule has 0 aromatic rings. The highest BCUT2D eigenvalue weighted by Gasteiger charge is 2.76. The first-order valence-corrected chi connectivity index (χ1v) is 2.52. The molecule has 1 aliphatic heterocycles. The number of epoxide rings is 1. The lowest BCUT2D eigenvalue weighted by molar-refractivity contribution is 0.000164. The first-order valence-electron chi connectivity index (χ1n) is 2.15. The largest absolute Gasteiger partial charge is 0.434 e. The molecule has 0 spiro atoms. The summed E-state index contributed by atoms with van der Waals surface area (Å²) in [7, 11) is 0. The standard InChI is InChI=1S/C2ClF3O.C2H2F2/c3-1(4)2(5,6)7-1;1-2(3)4/h;1H2. The van der Waals surface area contributed by atoms with Crippen molar-refractivity contribution in [2.45, 2.75) is 11.4 Å². The Morgan fingerprint density at radius 2 is 1.36 bits per heavy atom. The molecule has 1 saturated heterocycles. The van der Waals surface area contributed by atoms with Gasteiger partial charge in [0.15, 0.2) is 0 Å². The van der Waals surface area contributed by atoms with E-state index in [-0.39, 0.29) is 0 Å². The van der Waals surface area contributed by atoms with Gasteiger partial charge in [0.2, 0.25) is 0 Å².